The molecule has 0 aliphatic carbocycles. The van der Waals surface area contributed by atoms with Crippen LogP contribution in [0.4, 0.5) is 0 Å². The second kappa shape index (κ2) is 7.38. The monoisotopic (exact) mass is 408 g/mol. The summed E-state index contributed by atoms with van der Waals surface area (Å²) in [5.74, 6) is -0.590. The van der Waals surface area contributed by atoms with Gasteiger partial charge in [-0.3, -0.25) is 9.36 Å². The molecular formula is C24H16N4O3. The molecule has 5 rings (SSSR count). The third-order valence-electron chi connectivity index (χ3n) is 5.04. The minimum atomic E-state index is -1.02. The van der Waals surface area contributed by atoms with Crippen molar-refractivity contribution >= 4 is 34.7 Å². The van der Waals surface area contributed by atoms with Crippen molar-refractivity contribution in [3.63, 3.8) is 0 Å². The average molecular weight is 408 g/mol. The second-order valence-electron chi connectivity index (χ2n) is 6.92. The minimum absolute atomic E-state index is 0.148. The molecule has 7 heteroatoms. The van der Waals surface area contributed by atoms with Gasteiger partial charge < -0.3 is 9.51 Å². The zero-order chi connectivity index (χ0) is 21.4. The Morgan fingerprint density at radius 1 is 0.935 bits per heavy atom. The summed E-state index contributed by atoms with van der Waals surface area (Å²) < 4.78 is 3.42. The number of carboxylic acids is 1. The van der Waals surface area contributed by atoms with Gasteiger partial charge in [0.1, 0.15) is 11.5 Å². The molecule has 31 heavy (non-hydrogen) atoms. The van der Waals surface area contributed by atoms with E-state index in [1.165, 1.54) is 16.7 Å². The number of hydrogen-bond donors (Lipinski definition) is 1. The van der Waals surface area contributed by atoms with Gasteiger partial charge in [0.2, 0.25) is 0 Å². The number of pyridine rings is 1. The normalized spacial score (nSPS) is 11.5. The van der Waals surface area contributed by atoms with Crippen molar-refractivity contribution in [1.82, 2.24) is 18.9 Å². The highest BCUT2D eigenvalue weighted by Gasteiger charge is 2.12. The highest BCUT2D eigenvalue weighted by molar-refractivity contribution is 5.88. The van der Waals surface area contributed by atoms with Crippen LogP contribution in [-0.2, 0) is 0 Å². The Kier molecular flexibility index (Phi) is 4.41. The Morgan fingerprint density at radius 2 is 1.74 bits per heavy atom. The Hall–Kier alpha value is -4.52. The quantitative estimate of drug-likeness (QED) is 0.487. The first-order valence-electron chi connectivity index (χ1n) is 9.57. The lowest BCUT2D eigenvalue weighted by Crippen LogP contribution is -2.22. The van der Waals surface area contributed by atoms with E-state index in [1.807, 2.05) is 40.9 Å². The summed E-state index contributed by atoms with van der Waals surface area (Å²) in [6, 6.07) is 19.1. The number of hydrogen-bond acceptors (Lipinski definition) is 4. The van der Waals surface area contributed by atoms with Crippen LogP contribution in [0.1, 0.15) is 21.9 Å². The van der Waals surface area contributed by atoms with Crippen LogP contribution in [-0.4, -0.2) is 30.0 Å². The number of carboxylic acid groups (broad SMARTS) is 1. The fourth-order valence-corrected chi connectivity index (χ4v) is 3.53. The van der Waals surface area contributed by atoms with Crippen LogP contribution in [0.25, 0.3) is 34.4 Å². The van der Waals surface area contributed by atoms with Gasteiger partial charge in [-0.15, -0.1) is 0 Å². The van der Waals surface area contributed by atoms with Crippen LogP contribution in [0.3, 0.4) is 0 Å². The van der Waals surface area contributed by atoms with Crippen molar-refractivity contribution in [2.75, 3.05) is 0 Å². The van der Waals surface area contributed by atoms with E-state index in [0.29, 0.717) is 22.4 Å². The van der Waals surface area contributed by atoms with Crippen molar-refractivity contribution in [2.24, 2.45) is 0 Å². The van der Waals surface area contributed by atoms with E-state index in [-0.39, 0.29) is 11.1 Å². The minimum Gasteiger partial charge on any atom is -0.478 e. The third-order valence-corrected chi connectivity index (χ3v) is 5.04. The molecule has 0 amide bonds. The fourth-order valence-electron chi connectivity index (χ4n) is 3.53. The van der Waals surface area contributed by atoms with Crippen LogP contribution < -0.4 is 5.56 Å². The van der Waals surface area contributed by atoms with E-state index < -0.39 is 5.97 Å². The predicted octanol–water partition coefficient (Wildman–Crippen LogP) is 3.90. The van der Waals surface area contributed by atoms with E-state index in [2.05, 4.69) is 9.97 Å². The smallest absolute Gasteiger partial charge is 0.335 e. The summed E-state index contributed by atoms with van der Waals surface area (Å²) in [6.45, 7) is 0. The van der Waals surface area contributed by atoms with E-state index in [4.69, 9.17) is 0 Å². The maximum Gasteiger partial charge on any atom is 0.335 e. The number of carbonyl (C=O) groups is 1. The summed E-state index contributed by atoms with van der Waals surface area (Å²) in [4.78, 5) is 33.5. The second-order valence-corrected chi connectivity index (χ2v) is 6.92. The molecule has 150 valence electrons. The van der Waals surface area contributed by atoms with Crippen molar-refractivity contribution in [3.05, 3.63) is 107 Å². The molecule has 0 unspecified atom stereocenters. The molecule has 5 aromatic rings. The van der Waals surface area contributed by atoms with Gasteiger partial charge in [-0.1, -0.05) is 18.2 Å². The van der Waals surface area contributed by atoms with Crippen molar-refractivity contribution in [1.29, 1.82) is 0 Å². The van der Waals surface area contributed by atoms with Crippen molar-refractivity contribution < 1.29 is 9.90 Å². The Bertz CT molecular complexity index is 1530. The number of rotatable bonds is 4. The number of aromatic carboxylic acids is 1. The Balaban J connectivity index is 1.71. The van der Waals surface area contributed by atoms with Crippen LogP contribution >= 0.6 is 0 Å². The molecule has 0 atom stereocenters. The molecular weight excluding hydrogens is 392 g/mol. The number of para-hydroxylation sites is 1. The highest BCUT2D eigenvalue weighted by atomic mass is 16.4. The van der Waals surface area contributed by atoms with Crippen LogP contribution in [0.2, 0.25) is 0 Å². The molecule has 0 spiro atoms. The van der Waals surface area contributed by atoms with Gasteiger partial charge in [0, 0.05) is 18.1 Å². The van der Waals surface area contributed by atoms with Gasteiger partial charge in [0.05, 0.1) is 22.2 Å². The first kappa shape index (κ1) is 18.5. The molecule has 0 bridgehead atoms. The van der Waals surface area contributed by atoms with Crippen LogP contribution in [0, 0.1) is 0 Å². The third kappa shape index (κ3) is 3.28. The molecule has 0 saturated carbocycles. The summed E-state index contributed by atoms with van der Waals surface area (Å²) in [5, 5.41) is 9.66. The fraction of sp³-hybridized carbons (Fsp3) is 0. The molecule has 0 fully saturated rings. The van der Waals surface area contributed by atoms with E-state index in [0.717, 1.165) is 11.3 Å². The molecule has 1 N–H and O–H groups in total. The lowest BCUT2D eigenvalue weighted by atomic mass is 10.2. The van der Waals surface area contributed by atoms with Crippen LogP contribution in [0.5, 0.6) is 0 Å². The number of fused-ring (bicyclic) bond motifs is 2. The SMILES string of the molecule is O=C(O)c1ccc(-n2c(/C=C/c3cccc4nccn34)nc3ccccc3c2=O)cc1. The van der Waals surface area contributed by atoms with E-state index in [1.54, 1.807) is 42.6 Å². The van der Waals surface area contributed by atoms with Crippen molar-refractivity contribution in [3.8, 4) is 5.69 Å². The summed E-state index contributed by atoms with van der Waals surface area (Å²) in [7, 11) is 0. The number of imidazole rings is 1. The molecule has 0 aliphatic heterocycles. The molecule has 0 aliphatic rings. The summed E-state index contributed by atoms with van der Waals surface area (Å²) in [6.07, 6.45) is 7.22. The first-order valence-corrected chi connectivity index (χ1v) is 9.57. The Morgan fingerprint density at radius 3 is 2.55 bits per heavy atom. The number of nitrogens with zero attached hydrogens (tertiary/aromatic N) is 4. The molecule has 3 aromatic heterocycles. The van der Waals surface area contributed by atoms with Gasteiger partial charge in [-0.25, -0.2) is 14.8 Å². The number of aromatic nitrogens is 4. The molecule has 0 radical (unpaired) electrons. The lowest BCUT2D eigenvalue weighted by molar-refractivity contribution is 0.0697. The van der Waals surface area contributed by atoms with E-state index >= 15 is 0 Å². The molecule has 2 aromatic carbocycles. The maximum absolute atomic E-state index is 13.3. The molecule has 7 nitrogen and oxygen atoms in total. The predicted molar refractivity (Wildman–Crippen MR) is 118 cm³/mol. The maximum atomic E-state index is 13.3. The van der Waals surface area contributed by atoms with Crippen LogP contribution in [0.15, 0.2) is 83.9 Å². The lowest BCUT2D eigenvalue weighted by Gasteiger charge is -2.12. The Labute approximate surface area is 176 Å². The first-order chi connectivity index (χ1) is 15.1. The van der Waals surface area contributed by atoms with Crippen molar-refractivity contribution in [2.45, 2.75) is 0 Å². The zero-order valence-electron chi connectivity index (χ0n) is 16.2. The van der Waals surface area contributed by atoms with Gasteiger partial charge in [-0.05, 0) is 60.7 Å². The van der Waals surface area contributed by atoms with Gasteiger partial charge in [0.15, 0.2) is 0 Å². The number of benzene rings is 2. The van der Waals surface area contributed by atoms with Gasteiger partial charge >= 0.3 is 5.97 Å². The topological polar surface area (TPSA) is 89.5 Å². The molecule has 0 saturated heterocycles. The standard InChI is InChI=1S/C24H16N4O3/c29-23-19-5-1-2-6-20(19)26-22(28(23)18-10-8-16(9-11-18)24(30)31)13-12-17-4-3-7-21-25-14-15-27(17)21/h1-15H,(H,30,31)/b13-12+. The van der Waals surface area contributed by atoms with Gasteiger partial charge in [0.25, 0.3) is 5.56 Å². The zero-order valence-corrected chi connectivity index (χ0v) is 16.2. The summed E-state index contributed by atoms with van der Waals surface area (Å²) >= 11 is 0. The summed E-state index contributed by atoms with van der Waals surface area (Å²) in [5.41, 5.74) is 2.74. The highest BCUT2D eigenvalue weighted by Crippen LogP contribution is 2.17. The average Bonchev–Trinajstić information content (AvgIpc) is 3.27. The van der Waals surface area contributed by atoms with Gasteiger partial charge in [-0.2, -0.15) is 0 Å². The van der Waals surface area contributed by atoms with E-state index in [9.17, 15) is 14.7 Å². The molecule has 3 heterocycles. The largest absolute Gasteiger partial charge is 0.478 e.